The van der Waals surface area contributed by atoms with Crippen LogP contribution in [0.1, 0.15) is 32.8 Å². The molecule has 0 aliphatic carbocycles. The third kappa shape index (κ3) is 5.05. The fourth-order valence-electron chi connectivity index (χ4n) is 2.75. The van der Waals surface area contributed by atoms with Crippen LogP contribution in [0, 0.1) is 5.92 Å². The van der Waals surface area contributed by atoms with Crippen molar-refractivity contribution in [2.45, 2.75) is 45.4 Å². The summed E-state index contributed by atoms with van der Waals surface area (Å²) in [7, 11) is 1.21. The average Bonchev–Trinajstić information content (AvgIpc) is 2.90. The van der Waals surface area contributed by atoms with Crippen LogP contribution in [0.2, 0.25) is 0 Å². The van der Waals surface area contributed by atoms with Gasteiger partial charge in [-0.3, -0.25) is 9.59 Å². The van der Waals surface area contributed by atoms with Crippen molar-refractivity contribution in [2.75, 3.05) is 13.7 Å². The first-order valence-corrected chi connectivity index (χ1v) is 8.48. The number of rotatable bonds is 5. The molecule has 1 fully saturated rings. The van der Waals surface area contributed by atoms with Crippen LogP contribution < -0.4 is 0 Å². The van der Waals surface area contributed by atoms with Gasteiger partial charge in [-0.2, -0.15) is 0 Å². The number of likely N-dealkylation sites (tertiary alicyclic amines) is 1. The number of benzene rings is 1. The van der Waals surface area contributed by atoms with Gasteiger partial charge in [0.05, 0.1) is 26.4 Å². The maximum atomic E-state index is 12.5. The molecule has 1 aliphatic rings. The number of nitrogens with zero attached hydrogens (tertiary/aromatic N) is 1. The Bertz CT molecular complexity index is 652. The molecule has 26 heavy (non-hydrogen) atoms. The van der Waals surface area contributed by atoms with Crippen LogP contribution in [0.25, 0.3) is 0 Å². The maximum absolute atomic E-state index is 12.5. The Morgan fingerprint density at radius 2 is 1.85 bits per heavy atom. The van der Waals surface area contributed by atoms with Crippen molar-refractivity contribution >= 4 is 18.0 Å². The van der Waals surface area contributed by atoms with Crippen LogP contribution in [0.3, 0.4) is 0 Å². The van der Waals surface area contributed by atoms with E-state index in [1.165, 1.54) is 7.11 Å². The number of esters is 1. The minimum atomic E-state index is -1.02. The van der Waals surface area contributed by atoms with E-state index in [-0.39, 0.29) is 13.0 Å². The molecular formula is C19H25NO6. The molecule has 0 spiro atoms. The zero-order valence-corrected chi connectivity index (χ0v) is 15.6. The van der Waals surface area contributed by atoms with Crippen LogP contribution in [-0.2, 0) is 30.4 Å². The summed E-state index contributed by atoms with van der Waals surface area (Å²) >= 11 is 0. The summed E-state index contributed by atoms with van der Waals surface area (Å²) in [6, 6.07) is 8.97. The Labute approximate surface area is 153 Å². The molecule has 1 saturated heterocycles. The number of hydrogen-bond donors (Lipinski definition) is 0. The van der Waals surface area contributed by atoms with E-state index in [4.69, 9.17) is 9.47 Å². The van der Waals surface area contributed by atoms with E-state index in [0.29, 0.717) is 6.61 Å². The zero-order chi connectivity index (χ0) is 19.3. The van der Waals surface area contributed by atoms with Crippen molar-refractivity contribution in [3.63, 3.8) is 0 Å². The predicted molar refractivity (Wildman–Crippen MR) is 93.1 cm³/mol. The Kier molecular flexibility index (Phi) is 6.37. The van der Waals surface area contributed by atoms with Gasteiger partial charge in [0, 0.05) is 0 Å². The van der Waals surface area contributed by atoms with E-state index in [1.807, 2.05) is 30.3 Å². The molecule has 2 rings (SSSR count). The number of methoxy groups -OCH3 is 1. The van der Waals surface area contributed by atoms with E-state index in [9.17, 15) is 14.4 Å². The molecule has 1 aliphatic heterocycles. The summed E-state index contributed by atoms with van der Waals surface area (Å²) < 4.78 is 15.7. The Balaban J connectivity index is 2.07. The quantitative estimate of drug-likeness (QED) is 0.591. The summed E-state index contributed by atoms with van der Waals surface area (Å²) in [6.07, 6.45) is -0.623. The molecule has 1 heterocycles. The second-order valence-corrected chi connectivity index (χ2v) is 7.15. The van der Waals surface area contributed by atoms with Crippen LogP contribution in [0.4, 0.5) is 4.79 Å². The molecule has 0 radical (unpaired) electrons. The van der Waals surface area contributed by atoms with E-state index < -0.39 is 35.5 Å². The topological polar surface area (TPSA) is 82.1 Å². The van der Waals surface area contributed by atoms with Crippen LogP contribution in [-0.4, -0.2) is 48.2 Å². The first-order chi connectivity index (χ1) is 12.2. The normalized spacial score (nSPS) is 20.2. The van der Waals surface area contributed by atoms with Crippen molar-refractivity contribution in [1.82, 2.24) is 4.90 Å². The van der Waals surface area contributed by atoms with E-state index in [0.717, 1.165) is 10.5 Å². The molecule has 7 nitrogen and oxygen atoms in total. The maximum Gasteiger partial charge on any atom is 0.417 e. The molecule has 142 valence electrons. The molecule has 1 aromatic rings. The van der Waals surface area contributed by atoms with Crippen LogP contribution in [0.15, 0.2) is 30.3 Å². The minimum absolute atomic E-state index is 0.118. The van der Waals surface area contributed by atoms with E-state index in [1.54, 1.807) is 20.8 Å². The summed E-state index contributed by atoms with van der Waals surface area (Å²) in [5, 5.41) is 0. The van der Waals surface area contributed by atoms with E-state index in [2.05, 4.69) is 4.74 Å². The highest BCUT2D eigenvalue weighted by Gasteiger charge is 2.48. The van der Waals surface area contributed by atoms with Gasteiger partial charge in [-0.25, -0.2) is 9.69 Å². The first kappa shape index (κ1) is 19.9. The molecule has 2 amide bonds. The second-order valence-electron chi connectivity index (χ2n) is 7.15. The number of carbonyl (C=O) groups is 3. The molecule has 0 aromatic heterocycles. The fraction of sp³-hybridized carbons (Fsp3) is 0.526. The van der Waals surface area contributed by atoms with Gasteiger partial charge in [-0.05, 0) is 32.8 Å². The van der Waals surface area contributed by atoms with Crippen molar-refractivity contribution < 1.29 is 28.6 Å². The van der Waals surface area contributed by atoms with Crippen molar-refractivity contribution in [2.24, 2.45) is 5.92 Å². The number of ether oxygens (including phenoxy) is 3. The highest BCUT2D eigenvalue weighted by atomic mass is 16.6. The molecule has 0 bridgehead atoms. The minimum Gasteiger partial charge on any atom is -0.468 e. The Morgan fingerprint density at radius 1 is 1.19 bits per heavy atom. The molecule has 2 unspecified atom stereocenters. The Morgan fingerprint density at radius 3 is 2.42 bits per heavy atom. The van der Waals surface area contributed by atoms with Gasteiger partial charge in [0.15, 0.2) is 0 Å². The third-order valence-electron chi connectivity index (χ3n) is 3.91. The van der Waals surface area contributed by atoms with Gasteiger partial charge < -0.3 is 14.2 Å². The summed E-state index contributed by atoms with van der Waals surface area (Å²) in [5.41, 5.74) is 0.223. The largest absolute Gasteiger partial charge is 0.468 e. The molecule has 1 aromatic carbocycles. The molecule has 0 saturated carbocycles. The summed E-state index contributed by atoms with van der Waals surface area (Å²) in [6.45, 7) is 5.60. The molecular weight excluding hydrogens is 338 g/mol. The lowest BCUT2D eigenvalue weighted by atomic mass is 10.1. The lowest BCUT2D eigenvalue weighted by molar-refractivity contribution is -0.150. The monoisotopic (exact) mass is 363 g/mol. The predicted octanol–water partition coefficient (Wildman–Crippen LogP) is 2.53. The first-order valence-electron chi connectivity index (χ1n) is 8.48. The van der Waals surface area contributed by atoms with Crippen molar-refractivity contribution in [1.29, 1.82) is 0 Å². The van der Waals surface area contributed by atoms with Crippen LogP contribution in [0.5, 0.6) is 0 Å². The van der Waals surface area contributed by atoms with Gasteiger partial charge in [-0.15, -0.1) is 0 Å². The second kappa shape index (κ2) is 8.31. The fourth-order valence-corrected chi connectivity index (χ4v) is 2.75. The van der Waals surface area contributed by atoms with E-state index >= 15 is 0 Å². The lowest BCUT2D eigenvalue weighted by Gasteiger charge is -2.27. The smallest absolute Gasteiger partial charge is 0.417 e. The third-order valence-corrected chi connectivity index (χ3v) is 3.91. The number of amides is 2. The van der Waals surface area contributed by atoms with Gasteiger partial charge in [0.2, 0.25) is 5.91 Å². The van der Waals surface area contributed by atoms with Gasteiger partial charge in [-0.1, -0.05) is 30.3 Å². The number of imide groups is 1. The van der Waals surface area contributed by atoms with Crippen molar-refractivity contribution in [3.8, 4) is 0 Å². The zero-order valence-electron chi connectivity index (χ0n) is 15.6. The number of carbonyl (C=O) groups excluding carboxylic acids is 3. The lowest BCUT2D eigenvalue weighted by Crippen LogP contribution is -2.44. The molecule has 0 N–H and O–H groups in total. The van der Waals surface area contributed by atoms with Gasteiger partial charge in [0.1, 0.15) is 11.5 Å². The summed E-state index contributed by atoms with van der Waals surface area (Å²) in [4.78, 5) is 37.8. The van der Waals surface area contributed by atoms with Gasteiger partial charge >= 0.3 is 12.1 Å². The average molecular weight is 363 g/mol. The highest BCUT2D eigenvalue weighted by molar-refractivity contribution is 6.05. The standard InChI is InChI=1S/C19H25NO6/c1-19(2,3)26-18(23)20-14(10-15(16(20)21)17(22)24-4)12-25-11-13-8-6-5-7-9-13/h5-9,14-15H,10-12H2,1-4H3. The van der Waals surface area contributed by atoms with Crippen LogP contribution >= 0.6 is 0 Å². The number of hydrogen-bond acceptors (Lipinski definition) is 6. The molecule has 7 heteroatoms. The Hall–Kier alpha value is -2.41. The highest BCUT2D eigenvalue weighted by Crippen LogP contribution is 2.28. The molecule has 2 atom stereocenters. The SMILES string of the molecule is COC(=O)C1CC(COCc2ccccc2)N(C(=O)OC(C)(C)C)C1=O. The summed E-state index contributed by atoms with van der Waals surface area (Å²) in [5.74, 6) is -2.29. The van der Waals surface area contributed by atoms with Gasteiger partial charge in [0.25, 0.3) is 0 Å². The van der Waals surface area contributed by atoms with Crippen molar-refractivity contribution in [3.05, 3.63) is 35.9 Å².